The molecule has 2 rings (SSSR count). The molecule has 0 saturated heterocycles. The molecule has 0 amide bonds. The Morgan fingerprint density at radius 2 is 2.42 bits per heavy atom. The van der Waals surface area contributed by atoms with Crippen LogP contribution in [0.5, 0.6) is 0 Å². The third-order valence-corrected chi connectivity index (χ3v) is 2.90. The van der Waals surface area contributed by atoms with Crippen molar-refractivity contribution in [2.45, 2.75) is 6.92 Å². The SMILES string of the molecule is Cc1ccsc1-c1nc(I)no1. The molecular formula is C7H5IN2OS. The van der Waals surface area contributed by atoms with Crippen molar-refractivity contribution in [3.05, 3.63) is 20.8 Å². The second-order valence-corrected chi connectivity index (χ2v) is 4.18. The molecule has 0 aliphatic heterocycles. The molecule has 0 aliphatic carbocycles. The molecule has 2 heterocycles. The molecule has 0 atom stereocenters. The van der Waals surface area contributed by atoms with E-state index in [1.807, 2.05) is 41.0 Å². The smallest absolute Gasteiger partial charge is 0.268 e. The van der Waals surface area contributed by atoms with E-state index in [0.717, 1.165) is 4.88 Å². The zero-order valence-electron chi connectivity index (χ0n) is 6.24. The van der Waals surface area contributed by atoms with Gasteiger partial charge in [-0.1, -0.05) is 5.16 Å². The molecule has 5 heteroatoms. The summed E-state index contributed by atoms with van der Waals surface area (Å²) in [5.74, 6) is 0.618. The highest BCUT2D eigenvalue weighted by Crippen LogP contribution is 2.27. The Hall–Kier alpha value is -0.430. The number of aryl methyl sites for hydroxylation is 1. The molecule has 12 heavy (non-hydrogen) atoms. The van der Waals surface area contributed by atoms with Crippen LogP contribution in [0, 0.1) is 10.8 Å². The lowest BCUT2D eigenvalue weighted by Crippen LogP contribution is -1.75. The summed E-state index contributed by atoms with van der Waals surface area (Å²) >= 11 is 3.64. The van der Waals surface area contributed by atoms with Gasteiger partial charge in [0.25, 0.3) is 5.89 Å². The third kappa shape index (κ3) is 1.38. The summed E-state index contributed by atoms with van der Waals surface area (Å²) in [5, 5.41) is 5.74. The minimum absolute atomic E-state index is 0.618. The van der Waals surface area contributed by atoms with Crippen LogP contribution in [-0.2, 0) is 0 Å². The normalized spacial score (nSPS) is 10.5. The van der Waals surface area contributed by atoms with Crippen LogP contribution in [0.2, 0.25) is 0 Å². The first-order valence-corrected chi connectivity index (χ1v) is 5.27. The van der Waals surface area contributed by atoms with Crippen molar-refractivity contribution in [3.63, 3.8) is 0 Å². The van der Waals surface area contributed by atoms with Crippen molar-refractivity contribution in [1.29, 1.82) is 0 Å². The number of rotatable bonds is 1. The van der Waals surface area contributed by atoms with Crippen LogP contribution >= 0.6 is 33.9 Å². The first-order valence-electron chi connectivity index (χ1n) is 3.31. The predicted octanol–water partition coefficient (Wildman–Crippen LogP) is 2.71. The Morgan fingerprint density at radius 1 is 1.58 bits per heavy atom. The number of hydrogen-bond acceptors (Lipinski definition) is 4. The summed E-state index contributed by atoms with van der Waals surface area (Å²) in [6.45, 7) is 2.03. The van der Waals surface area contributed by atoms with Gasteiger partial charge in [-0.15, -0.1) is 11.3 Å². The van der Waals surface area contributed by atoms with E-state index >= 15 is 0 Å². The van der Waals surface area contributed by atoms with Gasteiger partial charge in [-0.05, 0) is 23.9 Å². The van der Waals surface area contributed by atoms with E-state index in [0.29, 0.717) is 9.72 Å². The quantitative estimate of drug-likeness (QED) is 0.759. The van der Waals surface area contributed by atoms with Gasteiger partial charge in [-0.2, -0.15) is 4.98 Å². The molecule has 2 aromatic heterocycles. The number of hydrogen-bond donors (Lipinski definition) is 0. The molecule has 0 aliphatic rings. The fraction of sp³-hybridized carbons (Fsp3) is 0.143. The van der Waals surface area contributed by atoms with E-state index in [-0.39, 0.29) is 0 Å². The molecule has 0 saturated carbocycles. The molecule has 0 aromatic carbocycles. The first kappa shape index (κ1) is 8.18. The number of thiophene rings is 1. The van der Waals surface area contributed by atoms with Crippen molar-refractivity contribution in [3.8, 4) is 10.8 Å². The summed E-state index contributed by atoms with van der Waals surface area (Å²) in [5.41, 5.74) is 1.18. The lowest BCUT2D eigenvalue weighted by Gasteiger charge is -1.87. The highest BCUT2D eigenvalue weighted by atomic mass is 127. The van der Waals surface area contributed by atoms with Crippen LogP contribution < -0.4 is 0 Å². The maximum Gasteiger partial charge on any atom is 0.268 e. The van der Waals surface area contributed by atoms with Gasteiger partial charge in [-0.3, -0.25) is 0 Å². The van der Waals surface area contributed by atoms with Crippen LogP contribution in [0.4, 0.5) is 0 Å². The van der Waals surface area contributed by atoms with Crippen molar-refractivity contribution in [2.75, 3.05) is 0 Å². The Labute approximate surface area is 86.9 Å². The van der Waals surface area contributed by atoms with Gasteiger partial charge >= 0.3 is 0 Å². The minimum Gasteiger partial charge on any atom is -0.332 e. The van der Waals surface area contributed by atoms with Gasteiger partial charge in [0.15, 0.2) is 0 Å². The van der Waals surface area contributed by atoms with Crippen molar-refractivity contribution in [2.24, 2.45) is 0 Å². The number of nitrogens with zero attached hydrogens (tertiary/aromatic N) is 2. The van der Waals surface area contributed by atoms with Crippen LogP contribution in [0.25, 0.3) is 10.8 Å². The Bertz CT molecular complexity index is 396. The molecule has 0 bridgehead atoms. The Morgan fingerprint density at radius 3 is 2.92 bits per heavy atom. The minimum atomic E-state index is 0.618. The molecule has 62 valence electrons. The van der Waals surface area contributed by atoms with Crippen LogP contribution in [0.15, 0.2) is 16.0 Å². The molecule has 0 fully saturated rings. The van der Waals surface area contributed by atoms with E-state index < -0.39 is 0 Å². The van der Waals surface area contributed by atoms with Gasteiger partial charge in [-0.25, -0.2) is 0 Å². The largest absolute Gasteiger partial charge is 0.332 e. The zero-order valence-corrected chi connectivity index (χ0v) is 9.22. The highest BCUT2D eigenvalue weighted by Gasteiger charge is 2.10. The van der Waals surface area contributed by atoms with Gasteiger partial charge in [0.1, 0.15) is 0 Å². The van der Waals surface area contributed by atoms with Crippen molar-refractivity contribution >= 4 is 33.9 Å². The molecule has 0 N–H and O–H groups in total. The molecule has 2 aromatic rings. The topological polar surface area (TPSA) is 38.9 Å². The first-order chi connectivity index (χ1) is 5.77. The van der Waals surface area contributed by atoms with E-state index in [2.05, 4.69) is 10.1 Å². The molecule has 0 radical (unpaired) electrons. The lowest BCUT2D eigenvalue weighted by molar-refractivity contribution is 0.426. The van der Waals surface area contributed by atoms with Crippen LogP contribution in [0.1, 0.15) is 5.56 Å². The average Bonchev–Trinajstić information content (AvgIpc) is 2.58. The van der Waals surface area contributed by atoms with Crippen molar-refractivity contribution < 1.29 is 4.52 Å². The predicted molar refractivity (Wildman–Crippen MR) is 55.1 cm³/mol. The maximum atomic E-state index is 5.03. The van der Waals surface area contributed by atoms with Gasteiger partial charge < -0.3 is 4.52 Å². The van der Waals surface area contributed by atoms with E-state index in [4.69, 9.17) is 4.52 Å². The fourth-order valence-corrected chi connectivity index (χ4v) is 2.05. The molecule has 0 unspecified atom stereocenters. The van der Waals surface area contributed by atoms with E-state index in [1.54, 1.807) is 11.3 Å². The second kappa shape index (κ2) is 3.14. The number of halogens is 1. The summed E-state index contributed by atoms with van der Waals surface area (Å²) in [6, 6.07) is 2.04. The summed E-state index contributed by atoms with van der Waals surface area (Å²) < 4.78 is 5.68. The van der Waals surface area contributed by atoms with Gasteiger partial charge in [0, 0.05) is 22.6 Å². The second-order valence-electron chi connectivity index (χ2n) is 2.30. The van der Waals surface area contributed by atoms with E-state index in [9.17, 15) is 0 Å². The molecule has 3 nitrogen and oxygen atoms in total. The van der Waals surface area contributed by atoms with Crippen molar-refractivity contribution in [1.82, 2.24) is 10.1 Å². The molecule has 0 spiro atoms. The maximum absolute atomic E-state index is 5.03. The summed E-state index contributed by atoms with van der Waals surface area (Å²) in [7, 11) is 0. The van der Waals surface area contributed by atoms with Crippen LogP contribution in [0.3, 0.4) is 0 Å². The molecular weight excluding hydrogens is 287 g/mol. The Balaban J connectivity index is 2.50. The highest BCUT2D eigenvalue weighted by molar-refractivity contribution is 14.1. The zero-order chi connectivity index (χ0) is 8.55. The lowest BCUT2D eigenvalue weighted by atomic mass is 10.3. The van der Waals surface area contributed by atoms with E-state index in [1.165, 1.54) is 5.56 Å². The van der Waals surface area contributed by atoms with Gasteiger partial charge in [0.05, 0.1) is 4.88 Å². The fourth-order valence-electron chi connectivity index (χ4n) is 0.890. The summed E-state index contributed by atoms with van der Waals surface area (Å²) in [6.07, 6.45) is 0. The Kier molecular flexibility index (Phi) is 2.14. The summed E-state index contributed by atoms with van der Waals surface area (Å²) in [4.78, 5) is 5.19. The van der Waals surface area contributed by atoms with Crippen LogP contribution in [-0.4, -0.2) is 10.1 Å². The number of aromatic nitrogens is 2. The monoisotopic (exact) mass is 292 g/mol. The van der Waals surface area contributed by atoms with Gasteiger partial charge in [0.2, 0.25) is 3.83 Å². The standard InChI is InChI=1S/C7H5IN2OS/c1-4-2-3-12-5(4)6-9-7(8)10-11-6/h2-3H,1H3. The average molecular weight is 292 g/mol. The third-order valence-electron chi connectivity index (χ3n) is 1.46.